The van der Waals surface area contributed by atoms with E-state index in [1.165, 1.54) is 18.6 Å². The Morgan fingerprint density at radius 3 is 2.43 bits per heavy atom. The van der Waals surface area contributed by atoms with Crippen LogP contribution in [0.2, 0.25) is 0 Å². The van der Waals surface area contributed by atoms with Gasteiger partial charge in [-0.25, -0.2) is 4.98 Å². The minimum absolute atomic E-state index is 0.119. The van der Waals surface area contributed by atoms with E-state index in [4.69, 9.17) is 0 Å². The second kappa shape index (κ2) is 7.68. The summed E-state index contributed by atoms with van der Waals surface area (Å²) in [6, 6.07) is 6.73. The summed E-state index contributed by atoms with van der Waals surface area (Å²) in [6.07, 6.45) is -0.0814. The highest BCUT2D eigenvalue weighted by Gasteiger charge is 2.27. The Bertz CT molecular complexity index is 631. The first-order valence-corrected chi connectivity index (χ1v) is 6.70. The normalized spacial score (nSPS) is 11.3. The molecule has 1 aromatic carbocycles. The lowest BCUT2D eigenvalue weighted by Crippen LogP contribution is -2.23. The lowest BCUT2D eigenvalue weighted by atomic mass is 10.1. The van der Waals surface area contributed by atoms with Gasteiger partial charge in [-0.3, -0.25) is 9.78 Å². The molecule has 0 aliphatic carbocycles. The highest BCUT2D eigenvalue weighted by Crippen LogP contribution is 2.15. The number of aromatic nitrogens is 2. The average molecular weight is 325 g/mol. The Labute approximate surface area is 130 Å². The molecule has 0 saturated carbocycles. The van der Waals surface area contributed by atoms with Crippen LogP contribution in [-0.4, -0.2) is 28.7 Å². The fraction of sp³-hybridized carbons (Fsp3) is 0.267. The molecule has 1 aromatic heterocycles. The zero-order chi connectivity index (χ0) is 16.7. The van der Waals surface area contributed by atoms with Gasteiger partial charge in [0.05, 0.1) is 12.8 Å². The number of hydrogen-bond acceptors (Lipinski definition) is 4. The summed E-state index contributed by atoms with van der Waals surface area (Å²) in [5.74, 6) is -0.351. The summed E-state index contributed by atoms with van der Waals surface area (Å²) < 4.78 is 40.5. The van der Waals surface area contributed by atoms with Crippen molar-refractivity contribution >= 4 is 5.91 Å². The molecule has 5 nitrogen and oxygen atoms in total. The van der Waals surface area contributed by atoms with Crippen molar-refractivity contribution in [2.75, 3.05) is 6.61 Å². The van der Waals surface area contributed by atoms with Crippen LogP contribution in [-0.2, 0) is 17.9 Å². The molecule has 1 N–H and O–H groups in total. The Kier molecular flexibility index (Phi) is 5.64. The van der Waals surface area contributed by atoms with Crippen molar-refractivity contribution in [3.05, 3.63) is 59.7 Å². The smallest absolute Gasteiger partial charge is 0.367 e. The molecule has 0 unspecified atom stereocenters. The Balaban J connectivity index is 1.80. The van der Waals surface area contributed by atoms with Gasteiger partial charge in [0.2, 0.25) is 0 Å². The predicted molar refractivity (Wildman–Crippen MR) is 75.4 cm³/mol. The molecule has 0 aliphatic heterocycles. The van der Waals surface area contributed by atoms with Crippen molar-refractivity contribution in [1.29, 1.82) is 0 Å². The van der Waals surface area contributed by atoms with E-state index in [2.05, 4.69) is 20.0 Å². The fourth-order valence-electron chi connectivity index (χ4n) is 1.73. The van der Waals surface area contributed by atoms with E-state index in [0.717, 1.165) is 5.56 Å². The Morgan fingerprint density at radius 1 is 1.13 bits per heavy atom. The molecule has 0 spiro atoms. The monoisotopic (exact) mass is 325 g/mol. The zero-order valence-corrected chi connectivity index (χ0v) is 12.0. The molecule has 2 rings (SSSR count). The summed E-state index contributed by atoms with van der Waals surface area (Å²) in [4.78, 5) is 19.5. The molecule has 8 heteroatoms. The second-order valence-corrected chi connectivity index (χ2v) is 4.70. The molecule has 1 heterocycles. The standard InChI is InChI=1S/C15H14F3N3O2/c16-15(17,18)10-23-9-12-3-1-11(2-4-12)7-21-14(22)13-8-19-5-6-20-13/h1-6,8H,7,9-10H2,(H,21,22). The molecular formula is C15H14F3N3O2. The van der Waals surface area contributed by atoms with Gasteiger partial charge in [-0.2, -0.15) is 13.2 Å². The number of hydrogen-bond donors (Lipinski definition) is 1. The third-order valence-electron chi connectivity index (χ3n) is 2.81. The van der Waals surface area contributed by atoms with Gasteiger partial charge in [0.1, 0.15) is 12.3 Å². The first-order chi connectivity index (χ1) is 10.9. The van der Waals surface area contributed by atoms with Crippen LogP contribution in [0.4, 0.5) is 13.2 Å². The van der Waals surface area contributed by atoms with E-state index >= 15 is 0 Å². The lowest BCUT2D eigenvalue weighted by Gasteiger charge is -2.08. The molecule has 0 radical (unpaired) electrons. The van der Waals surface area contributed by atoms with E-state index < -0.39 is 12.8 Å². The third kappa shape index (κ3) is 6.03. The number of nitrogens with zero attached hydrogens (tertiary/aromatic N) is 2. The molecular weight excluding hydrogens is 311 g/mol. The van der Waals surface area contributed by atoms with Crippen LogP contribution in [0, 0.1) is 0 Å². The Hall–Kier alpha value is -2.48. The van der Waals surface area contributed by atoms with E-state index in [-0.39, 0.29) is 24.8 Å². The van der Waals surface area contributed by atoms with Crippen LogP contribution in [0.15, 0.2) is 42.9 Å². The molecule has 23 heavy (non-hydrogen) atoms. The average Bonchev–Trinajstić information content (AvgIpc) is 2.53. The van der Waals surface area contributed by atoms with Gasteiger partial charge in [-0.1, -0.05) is 24.3 Å². The van der Waals surface area contributed by atoms with Crippen molar-refractivity contribution < 1.29 is 22.7 Å². The lowest BCUT2D eigenvalue weighted by molar-refractivity contribution is -0.176. The molecule has 0 aliphatic rings. The number of halogens is 3. The van der Waals surface area contributed by atoms with Crippen LogP contribution in [0.1, 0.15) is 21.6 Å². The Morgan fingerprint density at radius 2 is 1.83 bits per heavy atom. The molecule has 0 fully saturated rings. The zero-order valence-electron chi connectivity index (χ0n) is 12.0. The second-order valence-electron chi connectivity index (χ2n) is 4.70. The first kappa shape index (κ1) is 16.9. The molecule has 0 bridgehead atoms. The topological polar surface area (TPSA) is 64.1 Å². The number of nitrogens with one attached hydrogen (secondary N) is 1. The van der Waals surface area contributed by atoms with E-state index in [1.807, 2.05) is 0 Å². The number of benzene rings is 1. The maximum Gasteiger partial charge on any atom is 0.411 e. The number of alkyl halides is 3. The molecule has 1 amide bonds. The molecule has 0 atom stereocenters. The van der Waals surface area contributed by atoms with Crippen LogP contribution in [0.5, 0.6) is 0 Å². The van der Waals surface area contributed by atoms with Crippen molar-refractivity contribution in [1.82, 2.24) is 15.3 Å². The maximum atomic E-state index is 12.0. The number of carbonyl (C=O) groups is 1. The molecule has 2 aromatic rings. The van der Waals surface area contributed by atoms with E-state index in [9.17, 15) is 18.0 Å². The van der Waals surface area contributed by atoms with E-state index in [0.29, 0.717) is 5.56 Å². The van der Waals surface area contributed by atoms with Crippen LogP contribution >= 0.6 is 0 Å². The van der Waals surface area contributed by atoms with Crippen LogP contribution in [0.25, 0.3) is 0 Å². The number of amides is 1. The maximum absolute atomic E-state index is 12.0. The minimum Gasteiger partial charge on any atom is -0.367 e. The van der Waals surface area contributed by atoms with E-state index in [1.54, 1.807) is 24.3 Å². The largest absolute Gasteiger partial charge is 0.411 e. The molecule has 0 saturated heterocycles. The van der Waals surface area contributed by atoms with Crippen molar-refractivity contribution in [2.45, 2.75) is 19.3 Å². The van der Waals surface area contributed by atoms with Gasteiger partial charge in [-0.05, 0) is 11.1 Å². The van der Waals surface area contributed by atoms with Crippen molar-refractivity contribution in [2.24, 2.45) is 0 Å². The van der Waals surface area contributed by atoms with Crippen LogP contribution < -0.4 is 5.32 Å². The van der Waals surface area contributed by atoms with Gasteiger partial charge in [-0.15, -0.1) is 0 Å². The highest BCUT2D eigenvalue weighted by atomic mass is 19.4. The van der Waals surface area contributed by atoms with Gasteiger partial charge >= 0.3 is 6.18 Å². The first-order valence-electron chi connectivity index (χ1n) is 6.70. The van der Waals surface area contributed by atoms with Gasteiger partial charge in [0, 0.05) is 18.9 Å². The number of rotatable bonds is 6. The highest BCUT2D eigenvalue weighted by molar-refractivity contribution is 5.91. The quantitative estimate of drug-likeness (QED) is 0.886. The van der Waals surface area contributed by atoms with Crippen LogP contribution in [0.3, 0.4) is 0 Å². The fourth-order valence-corrected chi connectivity index (χ4v) is 1.73. The summed E-state index contributed by atoms with van der Waals surface area (Å²) >= 11 is 0. The summed E-state index contributed by atoms with van der Waals surface area (Å²) in [5, 5.41) is 2.68. The third-order valence-corrected chi connectivity index (χ3v) is 2.81. The van der Waals surface area contributed by atoms with Crippen molar-refractivity contribution in [3.63, 3.8) is 0 Å². The number of ether oxygens (including phenoxy) is 1. The molecule has 122 valence electrons. The van der Waals surface area contributed by atoms with Gasteiger partial charge in [0.15, 0.2) is 0 Å². The summed E-state index contributed by atoms with van der Waals surface area (Å²) in [7, 11) is 0. The van der Waals surface area contributed by atoms with Gasteiger partial charge < -0.3 is 10.1 Å². The number of carbonyl (C=O) groups excluding carboxylic acids is 1. The SMILES string of the molecule is O=C(NCc1ccc(COCC(F)(F)F)cc1)c1cnccn1. The summed E-state index contributed by atoms with van der Waals surface area (Å²) in [5.41, 5.74) is 1.64. The summed E-state index contributed by atoms with van der Waals surface area (Å²) in [6.45, 7) is -1.12. The minimum atomic E-state index is -4.33. The van der Waals surface area contributed by atoms with Gasteiger partial charge in [0.25, 0.3) is 5.91 Å². The van der Waals surface area contributed by atoms with Crippen molar-refractivity contribution in [3.8, 4) is 0 Å². The predicted octanol–water partition coefficient (Wildman–Crippen LogP) is 2.49.